The molecule has 0 N–H and O–H groups in total. The Hall–Kier alpha value is 0.590. The van der Waals surface area contributed by atoms with Crippen LogP contribution in [0.2, 0.25) is 0 Å². The Morgan fingerprint density at radius 2 is 2.00 bits per heavy atom. The van der Waals surface area contributed by atoms with Gasteiger partial charge < -0.3 is 9.47 Å². The molecule has 0 aliphatic carbocycles. The Kier molecular flexibility index (Phi) is 3.58. The standard InChI is InChI=1S/C6H6Cl4O3/c1-12-5(11)6(10)3(8)2(7)4(9)13-6/h2-4H,1H3. The highest BCUT2D eigenvalue weighted by Crippen LogP contribution is 2.43. The number of carbonyl (C=O) groups excluding carboxylic acids is 1. The van der Waals surface area contributed by atoms with Gasteiger partial charge in [-0.1, -0.05) is 23.2 Å². The van der Waals surface area contributed by atoms with Gasteiger partial charge in [0.25, 0.3) is 5.06 Å². The average molecular weight is 268 g/mol. The first kappa shape index (κ1) is 11.7. The number of esters is 1. The zero-order chi connectivity index (χ0) is 10.2. The highest BCUT2D eigenvalue weighted by molar-refractivity contribution is 6.44. The summed E-state index contributed by atoms with van der Waals surface area (Å²) in [6, 6.07) is 0. The fraction of sp³-hybridized carbons (Fsp3) is 0.833. The van der Waals surface area contributed by atoms with Crippen molar-refractivity contribution in [3.05, 3.63) is 0 Å². The number of alkyl halides is 4. The summed E-state index contributed by atoms with van der Waals surface area (Å²) in [7, 11) is 1.17. The van der Waals surface area contributed by atoms with E-state index in [2.05, 4.69) is 4.74 Å². The van der Waals surface area contributed by atoms with Gasteiger partial charge in [0, 0.05) is 0 Å². The van der Waals surface area contributed by atoms with E-state index >= 15 is 0 Å². The minimum Gasteiger partial charge on any atom is -0.466 e. The van der Waals surface area contributed by atoms with Crippen molar-refractivity contribution in [3.63, 3.8) is 0 Å². The second-order valence-corrected chi connectivity index (χ2v) is 4.42. The average Bonchev–Trinajstić information content (AvgIpc) is 2.30. The molecule has 1 fully saturated rings. The van der Waals surface area contributed by atoms with Crippen LogP contribution >= 0.6 is 46.4 Å². The largest absolute Gasteiger partial charge is 0.466 e. The summed E-state index contributed by atoms with van der Waals surface area (Å²) in [5.41, 5.74) is -0.902. The predicted octanol–water partition coefficient (Wildman–Crippen LogP) is 1.90. The van der Waals surface area contributed by atoms with Crippen LogP contribution in [0.4, 0.5) is 0 Å². The van der Waals surface area contributed by atoms with Crippen molar-refractivity contribution >= 4 is 52.4 Å². The molecule has 1 saturated heterocycles. The van der Waals surface area contributed by atoms with Crippen molar-refractivity contribution in [2.24, 2.45) is 0 Å². The molecule has 0 saturated carbocycles. The van der Waals surface area contributed by atoms with Crippen molar-refractivity contribution in [3.8, 4) is 0 Å². The zero-order valence-electron chi connectivity index (χ0n) is 6.47. The number of halogens is 4. The van der Waals surface area contributed by atoms with Gasteiger partial charge in [0.1, 0.15) is 5.38 Å². The number of rotatable bonds is 1. The normalized spacial score (nSPS) is 44.8. The van der Waals surface area contributed by atoms with E-state index in [0.29, 0.717) is 0 Å². The first-order chi connectivity index (χ1) is 5.93. The molecule has 3 nitrogen and oxygen atoms in total. The van der Waals surface area contributed by atoms with E-state index in [4.69, 9.17) is 51.1 Å². The Morgan fingerprint density at radius 3 is 2.31 bits per heavy atom. The number of methoxy groups -OCH3 is 1. The lowest BCUT2D eigenvalue weighted by molar-refractivity contribution is -0.155. The summed E-state index contributed by atoms with van der Waals surface area (Å²) in [6.07, 6.45) is 0. The molecule has 1 aliphatic heterocycles. The summed E-state index contributed by atoms with van der Waals surface area (Å²) in [5, 5.41) is -3.44. The molecule has 0 aromatic carbocycles. The van der Waals surface area contributed by atoms with Crippen molar-refractivity contribution < 1.29 is 14.3 Å². The van der Waals surface area contributed by atoms with Gasteiger partial charge in [0.2, 0.25) is 0 Å². The van der Waals surface area contributed by atoms with E-state index in [-0.39, 0.29) is 0 Å². The molecule has 0 amide bonds. The van der Waals surface area contributed by atoms with Gasteiger partial charge in [-0.05, 0) is 0 Å². The topological polar surface area (TPSA) is 35.5 Å². The maximum atomic E-state index is 11.2. The smallest absolute Gasteiger partial charge is 0.355 e. The first-order valence-electron chi connectivity index (χ1n) is 3.31. The van der Waals surface area contributed by atoms with Crippen LogP contribution in [0, 0.1) is 0 Å². The summed E-state index contributed by atoms with van der Waals surface area (Å²) >= 11 is 22.9. The van der Waals surface area contributed by atoms with Gasteiger partial charge in [-0.25, -0.2) is 4.79 Å². The lowest BCUT2D eigenvalue weighted by Crippen LogP contribution is -2.41. The van der Waals surface area contributed by atoms with Crippen molar-refractivity contribution in [2.45, 2.75) is 21.4 Å². The predicted molar refractivity (Wildman–Crippen MR) is 50.6 cm³/mol. The maximum Gasteiger partial charge on any atom is 0.355 e. The van der Waals surface area contributed by atoms with Crippen LogP contribution in [-0.2, 0) is 14.3 Å². The molecule has 0 radical (unpaired) electrons. The maximum absolute atomic E-state index is 11.2. The van der Waals surface area contributed by atoms with Crippen LogP contribution in [0.5, 0.6) is 0 Å². The monoisotopic (exact) mass is 266 g/mol. The third-order valence-electron chi connectivity index (χ3n) is 1.63. The third kappa shape index (κ3) is 1.85. The number of hydrogen-bond donors (Lipinski definition) is 0. The molecule has 13 heavy (non-hydrogen) atoms. The molecular weight excluding hydrogens is 262 g/mol. The molecule has 1 aliphatic rings. The molecule has 0 aromatic heterocycles. The van der Waals surface area contributed by atoms with Crippen LogP contribution in [-0.4, -0.2) is 34.5 Å². The van der Waals surface area contributed by atoms with Crippen molar-refractivity contribution in [1.29, 1.82) is 0 Å². The molecule has 76 valence electrons. The second kappa shape index (κ2) is 3.99. The van der Waals surface area contributed by atoms with Crippen LogP contribution in [0.3, 0.4) is 0 Å². The van der Waals surface area contributed by atoms with Crippen LogP contribution in [0.25, 0.3) is 0 Å². The summed E-state index contributed by atoms with van der Waals surface area (Å²) in [4.78, 5) is 11.2. The number of carbonyl (C=O) groups is 1. The Bertz CT molecular complexity index is 224. The molecule has 0 spiro atoms. The van der Waals surface area contributed by atoms with Gasteiger partial charge in [0.05, 0.1) is 12.5 Å². The van der Waals surface area contributed by atoms with Crippen LogP contribution in [0.15, 0.2) is 0 Å². The highest BCUT2D eigenvalue weighted by atomic mass is 35.5. The lowest BCUT2D eigenvalue weighted by Gasteiger charge is -2.20. The zero-order valence-corrected chi connectivity index (χ0v) is 9.49. The van der Waals surface area contributed by atoms with Crippen LogP contribution < -0.4 is 0 Å². The fourth-order valence-corrected chi connectivity index (χ4v) is 2.21. The third-order valence-corrected chi connectivity index (χ3v) is 3.90. The lowest BCUT2D eigenvalue weighted by atomic mass is 10.2. The van der Waals surface area contributed by atoms with E-state index in [0.717, 1.165) is 0 Å². The first-order valence-corrected chi connectivity index (χ1v) is 4.99. The molecule has 4 atom stereocenters. The minimum absolute atomic E-state index is 0.736. The molecule has 1 rings (SSSR count). The van der Waals surface area contributed by atoms with Crippen LogP contribution in [0.1, 0.15) is 0 Å². The Morgan fingerprint density at radius 1 is 1.46 bits per heavy atom. The van der Waals surface area contributed by atoms with Crippen molar-refractivity contribution in [1.82, 2.24) is 0 Å². The van der Waals surface area contributed by atoms with E-state index in [9.17, 15) is 4.79 Å². The van der Waals surface area contributed by atoms with E-state index in [1.807, 2.05) is 0 Å². The molecule has 4 unspecified atom stereocenters. The van der Waals surface area contributed by atoms with E-state index in [1.165, 1.54) is 7.11 Å². The second-order valence-electron chi connectivity index (χ2n) is 2.45. The summed E-state index contributed by atoms with van der Waals surface area (Å²) in [5.74, 6) is -0.803. The molecule has 7 heteroatoms. The number of hydrogen-bond acceptors (Lipinski definition) is 3. The van der Waals surface area contributed by atoms with E-state index < -0.39 is 27.3 Å². The quantitative estimate of drug-likeness (QED) is 0.538. The van der Waals surface area contributed by atoms with Gasteiger partial charge in [-0.15, -0.1) is 23.2 Å². The molecule has 1 heterocycles. The summed E-state index contributed by atoms with van der Waals surface area (Å²) in [6.45, 7) is 0. The van der Waals surface area contributed by atoms with E-state index in [1.54, 1.807) is 0 Å². The molecule has 0 aromatic rings. The van der Waals surface area contributed by atoms with Crippen molar-refractivity contribution in [2.75, 3.05) is 7.11 Å². The number of ether oxygens (including phenoxy) is 2. The minimum atomic E-state index is -1.78. The van der Waals surface area contributed by atoms with Gasteiger partial charge >= 0.3 is 5.97 Å². The SMILES string of the molecule is COC(=O)C1(Cl)OC(Cl)C(Cl)C1Cl. The fourth-order valence-electron chi connectivity index (χ4n) is 0.931. The Labute approximate surface area is 95.2 Å². The summed E-state index contributed by atoms with van der Waals surface area (Å²) < 4.78 is 9.33. The molecule has 0 bridgehead atoms. The van der Waals surface area contributed by atoms with Gasteiger partial charge in [0.15, 0.2) is 5.56 Å². The highest BCUT2D eigenvalue weighted by Gasteiger charge is 2.58. The van der Waals surface area contributed by atoms with Gasteiger partial charge in [-0.3, -0.25) is 0 Å². The van der Waals surface area contributed by atoms with Gasteiger partial charge in [-0.2, -0.15) is 0 Å². The molecular formula is C6H6Cl4O3. The Balaban J connectivity index is 2.87.